The van der Waals surface area contributed by atoms with Crippen LogP contribution in [0.3, 0.4) is 0 Å². The Kier molecular flexibility index (Phi) is 5.13. The van der Waals surface area contributed by atoms with Crippen molar-refractivity contribution >= 4 is 5.91 Å². The third kappa shape index (κ3) is 4.67. The van der Waals surface area contributed by atoms with Crippen molar-refractivity contribution in [3.05, 3.63) is 0 Å². The van der Waals surface area contributed by atoms with E-state index in [4.69, 9.17) is 0 Å². The van der Waals surface area contributed by atoms with Gasteiger partial charge in [-0.3, -0.25) is 4.79 Å². The molecule has 1 amide bonds. The van der Waals surface area contributed by atoms with Crippen LogP contribution in [-0.4, -0.2) is 12.5 Å². The topological polar surface area (TPSA) is 29.1 Å². The molecule has 1 rings (SSSR count). The molecule has 1 heterocycles. The molecule has 1 N–H and O–H groups in total. The van der Waals surface area contributed by atoms with Crippen LogP contribution in [0.1, 0.15) is 65.2 Å². The van der Waals surface area contributed by atoms with Gasteiger partial charge in [-0.15, -0.1) is 0 Å². The van der Waals surface area contributed by atoms with Gasteiger partial charge in [0.25, 0.3) is 0 Å². The van der Waals surface area contributed by atoms with Crippen molar-refractivity contribution in [1.29, 1.82) is 0 Å². The molecule has 1 fully saturated rings. The van der Waals surface area contributed by atoms with E-state index in [1.165, 1.54) is 38.5 Å². The van der Waals surface area contributed by atoms with Crippen molar-refractivity contribution in [2.24, 2.45) is 5.41 Å². The van der Waals surface area contributed by atoms with Crippen molar-refractivity contribution in [3.8, 4) is 0 Å². The molecule has 1 aliphatic heterocycles. The smallest absolute Gasteiger partial charge is 0.220 e. The van der Waals surface area contributed by atoms with Gasteiger partial charge in [0.1, 0.15) is 0 Å². The highest BCUT2D eigenvalue weighted by Crippen LogP contribution is 2.31. The summed E-state index contributed by atoms with van der Waals surface area (Å²) in [6.45, 7) is 5.45. The Morgan fingerprint density at radius 2 is 2.00 bits per heavy atom. The minimum Gasteiger partial charge on any atom is -0.356 e. The molecule has 0 aliphatic carbocycles. The summed E-state index contributed by atoms with van der Waals surface area (Å²) < 4.78 is 0. The number of unbranched alkanes of at least 4 members (excludes halogenated alkanes) is 4. The van der Waals surface area contributed by atoms with E-state index in [0.29, 0.717) is 5.41 Å². The van der Waals surface area contributed by atoms with Gasteiger partial charge >= 0.3 is 0 Å². The number of rotatable bonds is 6. The SMILES string of the molecule is CCCCCCCC1(C)CCC(=O)NC1. The Morgan fingerprint density at radius 1 is 1.27 bits per heavy atom. The summed E-state index contributed by atoms with van der Waals surface area (Å²) >= 11 is 0. The molecular formula is C13H25NO. The van der Waals surface area contributed by atoms with Crippen molar-refractivity contribution in [1.82, 2.24) is 5.32 Å². The van der Waals surface area contributed by atoms with E-state index in [0.717, 1.165) is 19.4 Å². The molecule has 1 atom stereocenters. The molecule has 1 saturated heterocycles. The summed E-state index contributed by atoms with van der Waals surface area (Å²) in [6, 6.07) is 0. The van der Waals surface area contributed by atoms with Crippen LogP contribution < -0.4 is 5.32 Å². The molecule has 0 spiro atoms. The standard InChI is InChI=1S/C13H25NO/c1-3-4-5-6-7-9-13(2)10-8-12(15)14-11-13/h3-11H2,1-2H3,(H,14,15). The summed E-state index contributed by atoms with van der Waals surface area (Å²) in [6.07, 6.45) is 9.82. The van der Waals surface area contributed by atoms with Gasteiger partial charge in [-0.25, -0.2) is 0 Å². The molecule has 0 saturated carbocycles. The fourth-order valence-electron chi connectivity index (χ4n) is 2.27. The third-order valence-corrected chi connectivity index (χ3v) is 3.55. The van der Waals surface area contributed by atoms with E-state index < -0.39 is 0 Å². The molecular weight excluding hydrogens is 186 g/mol. The highest BCUT2D eigenvalue weighted by molar-refractivity contribution is 5.76. The van der Waals surface area contributed by atoms with E-state index in [9.17, 15) is 4.79 Å². The summed E-state index contributed by atoms with van der Waals surface area (Å²) in [5.74, 6) is 0.235. The fourth-order valence-corrected chi connectivity index (χ4v) is 2.27. The largest absolute Gasteiger partial charge is 0.356 e. The Balaban J connectivity index is 2.11. The normalized spacial score (nSPS) is 26.4. The molecule has 0 bridgehead atoms. The first-order chi connectivity index (χ1) is 7.16. The van der Waals surface area contributed by atoms with Crippen LogP contribution in [0.25, 0.3) is 0 Å². The molecule has 0 aromatic heterocycles. The quantitative estimate of drug-likeness (QED) is 0.671. The highest BCUT2D eigenvalue weighted by atomic mass is 16.1. The zero-order valence-corrected chi connectivity index (χ0v) is 10.3. The van der Waals surface area contributed by atoms with Gasteiger partial charge < -0.3 is 5.32 Å². The van der Waals surface area contributed by atoms with Gasteiger partial charge in [0.05, 0.1) is 0 Å². The average molecular weight is 211 g/mol. The minimum absolute atomic E-state index is 0.235. The molecule has 0 aromatic rings. The molecule has 1 unspecified atom stereocenters. The second-order valence-electron chi connectivity index (χ2n) is 5.25. The van der Waals surface area contributed by atoms with Crippen molar-refractivity contribution in [2.45, 2.75) is 65.2 Å². The van der Waals surface area contributed by atoms with Crippen LogP contribution in [0.15, 0.2) is 0 Å². The van der Waals surface area contributed by atoms with Crippen molar-refractivity contribution in [2.75, 3.05) is 6.54 Å². The van der Waals surface area contributed by atoms with E-state index in [-0.39, 0.29) is 5.91 Å². The fraction of sp³-hybridized carbons (Fsp3) is 0.923. The van der Waals surface area contributed by atoms with Gasteiger partial charge in [0, 0.05) is 13.0 Å². The number of hydrogen-bond donors (Lipinski definition) is 1. The van der Waals surface area contributed by atoms with Gasteiger partial charge in [-0.1, -0.05) is 46.0 Å². The first-order valence-electron chi connectivity index (χ1n) is 6.43. The molecule has 2 heteroatoms. The van der Waals surface area contributed by atoms with Crippen LogP contribution in [0.2, 0.25) is 0 Å². The zero-order chi connectivity index (χ0) is 11.1. The summed E-state index contributed by atoms with van der Waals surface area (Å²) in [7, 11) is 0. The maximum atomic E-state index is 11.1. The van der Waals surface area contributed by atoms with E-state index in [1.807, 2.05) is 0 Å². The van der Waals surface area contributed by atoms with Crippen LogP contribution in [0, 0.1) is 5.41 Å². The number of amides is 1. The van der Waals surface area contributed by atoms with E-state index >= 15 is 0 Å². The number of carbonyl (C=O) groups is 1. The monoisotopic (exact) mass is 211 g/mol. The van der Waals surface area contributed by atoms with Gasteiger partial charge in [0.2, 0.25) is 5.91 Å². The lowest BCUT2D eigenvalue weighted by Crippen LogP contribution is -2.41. The lowest BCUT2D eigenvalue weighted by Gasteiger charge is -2.33. The number of nitrogens with one attached hydrogen (secondary N) is 1. The maximum absolute atomic E-state index is 11.1. The Bertz CT molecular complexity index is 191. The Morgan fingerprint density at radius 3 is 2.60 bits per heavy atom. The van der Waals surface area contributed by atoms with E-state index in [2.05, 4.69) is 19.2 Å². The molecule has 88 valence electrons. The number of piperidine rings is 1. The van der Waals surface area contributed by atoms with Gasteiger partial charge in [-0.05, 0) is 18.3 Å². The van der Waals surface area contributed by atoms with Crippen molar-refractivity contribution < 1.29 is 4.79 Å². The molecule has 2 nitrogen and oxygen atoms in total. The lowest BCUT2D eigenvalue weighted by molar-refractivity contribution is -0.124. The zero-order valence-electron chi connectivity index (χ0n) is 10.3. The molecule has 15 heavy (non-hydrogen) atoms. The Hall–Kier alpha value is -0.530. The minimum atomic E-state index is 0.235. The van der Waals surface area contributed by atoms with Crippen molar-refractivity contribution in [3.63, 3.8) is 0 Å². The summed E-state index contributed by atoms with van der Waals surface area (Å²) in [5.41, 5.74) is 0.375. The number of carbonyl (C=O) groups excluding carboxylic acids is 1. The predicted octanol–water partition coefficient (Wildman–Crippen LogP) is 3.26. The van der Waals surface area contributed by atoms with Crippen LogP contribution in [0.5, 0.6) is 0 Å². The van der Waals surface area contributed by atoms with Crippen LogP contribution in [-0.2, 0) is 4.79 Å². The maximum Gasteiger partial charge on any atom is 0.220 e. The van der Waals surface area contributed by atoms with E-state index in [1.54, 1.807) is 0 Å². The predicted molar refractivity (Wildman–Crippen MR) is 63.7 cm³/mol. The Labute approximate surface area is 93.8 Å². The molecule has 0 radical (unpaired) electrons. The van der Waals surface area contributed by atoms with Gasteiger partial charge in [0.15, 0.2) is 0 Å². The van der Waals surface area contributed by atoms with Gasteiger partial charge in [-0.2, -0.15) is 0 Å². The first-order valence-corrected chi connectivity index (χ1v) is 6.43. The third-order valence-electron chi connectivity index (χ3n) is 3.55. The number of hydrogen-bond acceptors (Lipinski definition) is 1. The van der Waals surface area contributed by atoms with Crippen LogP contribution in [0.4, 0.5) is 0 Å². The second kappa shape index (κ2) is 6.14. The summed E-state index contributed by atoms with van der Waals surface area (Å²) in [5, 5.41) is 2.99. The lowest BCUT2D eigenvalue weighted by atomic mass is 9.78. The highest BCUT2D eigenvalue weighted by Gasteiger charge is 2.28. The summed E-state index contributed by atoms with van der Waals surface area (Å²) in [4.78, 5) is 11.1. The first kappa shape index (κ1) is 12.5. The molecule has 1 aliphatic rings. The molecule has 0 aromatic carbocycles. The average Bonchev–Trinajstić information content (AvgIpc) is 2.23. The second-order valence-corrected chi connectivity index (χ2v) is 5.25. The van der Waals surface area contributed by atoms with Crippen LogP contribution >= 0.6 is 0 Å².